The van der Waals surface area contributed by atoms with Crippen molar-refractivity contribution in [2.75, 3.05) is 0 Å². The van der Waals surface area contributed by atoms with Gasteiger partial charge in [0.05, 0.1) is 22.1 Å². The minimum absolute atomic E-state index is 0.939. The molecule has 0 N–H and O–H groups in total. The average Bonchev–Trinajstić information content (AvgIpc) is 3.53. The molecule has 0 atom stereocenters. The molecule has 0 unspecified atom stereocenters. The van der Waals surface area contributed by atoms with Crippen LogP contribution in [0.15, 0.2) is 121 Å². The molecule has 4 nitrogen and oxygen atoms in total. The summed E-state index contributed by atoms with van der Waals surface area (Å²) < 4.78 is 4.36. The molecule has 2 aromatic heterocycles. The van der Waals surface area contributed by atoms with Crippen LogP contribution in [-0.2, 0) is 14.1 Å². The van der Waals surface area contributed by atoms with Crippen LogP contribution in [0.4, 0.5) is 0 Å². The van der Waals surface area contributed by atoms with Gasteiger partial charge in [0.25, 0.3) is 0 Å². The fourth-order valence-electron chi connectivity index (χ4n) is 6.04. The fourth-order valence-corrected chi connectivity index (χ4v) is 6.04. The summed E-state index contributed by atoms with van der Waals surface area (Å²) in [5, 5.41) is 5.02. The highest BCUT2D eigenvalue weighted by Crippen LogP contribution is 2.36. The number of fused-ring (bicyclic) bond motifs is 5. The number of hydrogen-bond donors (Lipinski definition) is 0. The monoisotopic (exact) mass is 514 g/mol. The summed E-state index contributed by atoms with van der Waals surface area (Å²) in [6, 6.07) is 43.1. The molecule has 8 rings (SSSR count). The molecule has 190 valence electrons. The van der Waals surface area contributed by atoms with E-state index in [1.807, 2.05) is 12.1 Å². The van der Waals surface area contributed by atoms with Gasteiger partial charge in [-0.25, -0.2) is 9.97 Å². The van der Waals surface area contributed by atoms with Gasteiger partial charge < -0.3 is 9.13 Å². The number of benzene rings is 6. The van der Waals surface area contributed by atoms with Crippen LogP contribution in [0.3, 0.4) is 0 Å². The first-order chi connectivity index (χ1) is 19.6. The van der Waals surface area contributed by atoms with Crippen molar-refractivity contribution >= 4 is 43.6 Å². The van der Waals surface area contributed by atoms with E-state index in [1.165, 1.54) is 27.1 Å². The number of para-hydroxylation sites is 4. The molecule has 8 aromatic rings. The van der Waals surface area contributed by atoms with Crippen LogP contribution in [0.1, 0.15) is 0 Å². The van der Waals surface area contributed by atoms with Gasteiger partial charge >= 0.3 is 0 Å². The largest absolute Gasteiger partial charge is 0.327 e. The molecule has 40 heavy (non-hydrogen) atoms. The molecule has 0 saturated carbocycles. The van der Waals surface area contributed by atoms with Gasteiger partial charge in [0.2, 0.25) is 0 Å². The lowest BCUT2D eigenvalue weighted by Gasteiger charge is -2.12. The van der Waals surface area contributed by atoms with Gasteiger partial charge in [-0.2, -0.15) is 0 Å². The molecule has 0 radical (unpaired) electrons. The van der Waals surface area contributed by atoms with Crippen LogP contribution in [-0.4, -0.2) is 19.1 Å². The third kappa shape index (κ3) is 3.46. The van der Waals surface area contributed by atoms with Crippen molar-refractivity contribution < 1.29 is 0 Å². The molecule has 0 spiro atoms. The van der Waals surface area contributed by atoms with Crippen LogP contribution in [0, 0.1) is 0 Å². The second kappa shape index (κ2) is 8.65. The van der Waals surface area contributed by atoms with Gasteiger partial charge in [0, 0.05) is 25.2 Å². The van der Waals surface area contributed by atoms with Crippen molar-refractivity contribution in [3.05, 3.63) is 121 Å². The Bertz CT molecular complexity index is 2150. The zero-order valence-electron chi connectivity index (χ0n) is 22.3. The molecule has 0 aliphatic carbocycles. The number of aromatic nitrogens is 4. The molecule has 0 fully saturated rings. The normalized spacial score (nSPS) is 11.8. The quantitative estimate of drug-likeness (QED) is 0.221. The van der Waals surface area contributed by atoms with E-state index in [1.54, 1.807) is 0 Å². The van der Waals surface area contributed by atoms with E-state index < -0.39 is 0 Å². The molecular weight excluding hydrogens is 488 g/mol. The van der Waals surface area contributed by atoms with Gasteiger partial charge in [0.15, 0.2) is 0 Å². The minimum atomic E-state index is 0.939. The highest BCUT2D eigenvalue weighted by molar-refractivity contribution is 6.08. The molecule has 0 saturated heterocycles. The number of aryl methyl sites for hydroxylation is 2. The van der Waals surface area contributed by atoms with Crippen molar-refractivity contribution in [2.24, 2.45) is 14.1 Å². The SMILES string of the molecule is Cn1c(-c2cc(-c3ccc4ccc5ccccc5c4c3)cc(-c3nc4ccccc4n3C)c2)nc2ccccc21. The molecule has 0 bridgehead atoms. The topological polar surface area (TPSA) is 35.6 Å². The number of imidazole rings is 2. The Morgan fingerprint density at radius 2 is 0.925 bits per heavy atom. The van der Waals surface area contributed by atoms with Crippen molar-refractivity contribution in [1.82, 2.24) is 19.1 Å². The third-order valence-corrected chi connectivity index (χ3v) is 8.10. The maximum atomic E-state index is 5.04. The molecule has 2 heterocycles. The Hall–Kier alpha value is -5.22. The van der Waals surface area contributed by atoms with E-state index in [4.69, 9.17) is 9.97 Å². The zero-order chi connectivity index (χ0) is 26.8. The Morgan fingerprint density at radius 3 is 1.55 bits per heavy atom. The average molecular weight is 515 g/mol. The third-order valence-electron chi connectivity index (χ3n) is 8.10. The zero-order valence-corrected chi connectivity index (χ0v) is 22.3. The first-order valence-corrected chi connectivity index (χ1v) is 13.5. The number of hydrogen-bond acceptors (Lipinski definition) is 2. The van der Waals surface area contributed by atoms with Gasteiger partial charge in [-0.05, 0) is 81.2 Å². The molecule has 0 aliphatic heterocycles. The lowest BCUT2D eigenvalue weighted by molar-refractivity contribution is 0.954. The first kappa shape index (κ1) is 22.7. The summed E-state index contributed by atoms with van der Waals surface area (Å²) in [6.07, 6.45) is 0. The van der Waals surface area contributed by atoms with E-state index in [0.29, 0.717) is 0 Å². The molecule has 6 aromatic carbocycles. The standard InChI is InChI=1S/C36H26N4/c1-39-33-13-7-5-11-31(33)37-35(39)27-19-26(20-28(21-27)36-38-32-12-6-8-14-34(32)40(36)2)25-18-17-24-16-15-23-9-3-4-10-29(23)30(24)22-25/h3-22H,1-2H3. The van der Waals surface area contributed by atoms with Gasteiger partial charge in [-0.15, -0.1) is 0 Å². The second-order valence-corrected chi connectivity index (χ2v) is 10.5. The summed E-state index contributed by atoms with van der Waals surface area (Å²) in [6.45, 7) is 0. The van der Waals surface area contributed by atoms with Crippen molar-refractivity contribution in [3.63, 3.8) is 0 Å². The van der Waals surface area contributed by atoms with E-state index in [9.17, 15) is 0 Å². The van der Waals surface area contributed by atoms with Crippen LogP contribution >= 0.6 is 0 Å². The lowest BCUT2D eigenvalue weighted by atomic mass is 9.95. The molecule has 4 heteroatoms. The van der Waals surface area contributed by atoms with Gasteiger partial charge in [-0.3, -0.25) is 0 Å². The molecular formula is C36H26N4. The van der Waals surface area contributed by atoms with E-state index in [2.05, 4.69) is 132 Å². The van der Waals surface area contributed by atoms with Crippen molar-refractivity contribution in [1.29, 1.82) is 0 Å². The minimum Gasteiger partial charge on any atom is -0.327 e. The Balaban J connectivity index is 1.40. The first-order valence-electron chi connectivity index (χ1n) is 13.5. The summed E-state index contributed by atoms with van der Waals surface area (Å²) >= 11 is 0. The molecule has 0 amide bonds. The Morgan fingerprint density at radius 1 is 0.425 bits per heavy atom. The maximum Gasteiger partial charge on any atom is 0.140 e. The fraction of sp³-hybridized carbons (Fsp3) is 0.0556. The van der Waals surface area contributed by atoms with Crippen molar-refractivity contribution in [2.45, 2.75) is 0 Å². The predicted octanol–water partition coefficient (Wildman–Crippen LogP) is 8.77. The highest BCUT2D eigenvalue weighted by atomic mass is 15.1. The predicted molar refractivity (Wildman–Crippen MR) is 166 cm³/mol. The lowest BCUT2D eigenvalue weighted by Crippen LogP contribution is -1.97. The van der Waals surface area contributed by atoms with Crippen LogP contribution in [0.25, 0.3) is 77.5 Å². The van der Waals surface area contributed by atoms with Crippen molar-refractivity contribution in [3.8, 4) is 33.9 Å². The van der Waals surface area contributed by atoms with E-state index >= 15 is 0 Å². The smallest absolute Gasteiger partial charge is 0.140 e. The van der Waals surface area contributed by atoms with E-state index in [0.717, 1.165) is 50.4 Å². The highest BCUT2D eigenvalue weighted by Gasteiger charge is 2.16. The second-order valence-electron chi connectivity index (χ2n) is 10.5. The van der Waals surface area contributed by atoms with Crippen LogP contribution < -0.4 is 0 Å². The van der Waals surface area contributed by atoms with Gasteiger partial charge in [0.1, 0.15) is 11.6 Å². The Kier molecular flexibility index (Phi) is 4.92. The van der Waals surface area contributed by atoms with Gasteiger partial charge in [-0.1, -0.05) is 72.8 Å². The summed E-state index contributed by atoms with van der Waals surface area (Å²) in [5.41, 5.74) is 8.66. The summed E-state index contributed by atoms with van der Waals surface area (Å²) in [5.74, 6) is 1.88. The number of nitrogens with zero attached hydrogens (tertiary/aromatic N) is 4. The molecule has 0 aliphatic rings. The van der Waals surface area contributed by atoms with Crippen LogP contribution in [0.5, 0.6) is 0 Å². The van der Waals surface area contributed by atoms with E-state index in [-0.39, 0.29) is 0 Å². The number of rotatable bonds is 3. The Labute approximate surface area is 231 Å². The maximum absolute atomic E-state index is 5.04. The van der Waals surface area contributed by atoms with Crippen LogP contribution in [0.2, 0.25) is 0 Å². The summed E-state index contributed by atoms with van der Waals surface area (Å²) in [4.78, 5) is 10.1. The summed E-state index contributed by atoms with van der Waals surface area (Å²) in [7, 11) is 4.18.